The topological polar surface area (TPSA) is 106 Å². The van der Waals surface area contributed by atoms with Crippen LogP contribution in [0.5, 0.6) is 0 Å². The first kappa shape index (κ1) is 18.3. The third-order valence-electron chi connectivity index (χ3n) is 5.52. The summed E-state index contributed by atoms with van der Waals surface area (Å²) in [6.07, 6.45) is 5.54. The Balaban J connectivity index is 1.54. The molecular formula is C20H17Cl2N5O2. The van der Waals surface area contributed by atoms with Crippen LogP contribution in [0.25, 0.3) is 22.6 Å². The first-order chi connectivity index (χ1) is 14.0. The fraction of sp³-hybridized carbons (Fsp3) is 0.250. The highest BCUT2D eigenvalue weighted by Crippen LogP contribution is 2.44. The van der Waals surface area contributed by atoms with Crippen molar-refractivity contribution in [2.75, 3.05) is 5.32 Å². The van der Waals surface area contributed by atoms with E-state index in [4.69, 9.17) is 38.7 Å². The molecule has 2 aliphatic rings. The summed E-state index contributed by atoms with van der Waals surface area (Å²) in [5, 5.41) is 4.51. The Kier molecular flexibility index (Phi) is 4.37. The van der Waals surface area contributed by atoms with Gasteiger partial charge in [0.15, 0.2) is 5.65 Å². The normalized spacial score (nSPS) is 24.9. The lowest BCUT2D eigenvalue weighted by molar-refractivity contribution is 0.0854. The molecule has 5 rings (SSSR count). The van der Waals surface area contributed by atoms with Crippen molar-refractivity contribution in [1.82, 2.24) is 15.0 Å². The number of nitrogens with two attached hydrogens (primary N) is 1. The fourth-order valence-electron chi connectivity index (χ4n) is 4.27. The first-order valence-electron chi connectivity index (χ1n) is 9.20. The molecule has 1 amide bonds. The number of nitrogens with zero attached hydrogens (tertiary/aromatic N) is 2. The molecule has 3 aromatic rings. The number of fused-ring (bicyclic) bond motifs is 3. The smallest absolute Gasteiger partial charge is 0.404 e. The van der Waals surface area contributed by atoms with Crippen molar-refractivity contribution in [3.05, 3.63) is 52.7 Å². The molecule has 4 N–H and O–H groups in total. The SMILES string of the molecule is NC(=O)O[C@@H]1[C@H](Nc2c(Cl)cnc3[nH]c(-c4cccc(Cl)c4)nc23)[C@H]2C=C[C@@H]1C2. The highest BCUT2D eigenvalue weighted by atomic mass is 35.5. The first-order valence-corrected chi connectivity index (χ1v) is 9.96. The third-order valence-corrected chi connectivity index (χ3v) is 6.04. The average molecular weight is 430 g/mol. The van der Waals surface area contributed by atoms with Crippen LogP contribution in [0.2, 0.25) is 10.0 Å². The number of imidazole rings is 1. The molecule has 4 atom stereocenters. The zero-order valence-corrected chi connectivity index (χ0v) is 16.6. The summed E-state index contributed by atoms with van der Waals surface area (Å²) in [4.78, 5) is 23.6. The van der Waals surface area contributed by atoms with E-state index in [1.807, 2.05) is 18.2 Å². The van der Waals surface area contributed by atoms with Crippen molar-refractivity contribution in [2.45, 2.75) is 18.6 Å². The van der Waals surface area contributed by atoms with Crippen LogP contribution in [0.15, 0.2) is 42.6 Å². The molecule has 2 aliphatic carbocycles. The van der Waals surface area contributed by atoms with Gasteiger partial charge in [0.2, 0.25) is 0 Å². The van der Waals surface area contributed by atoms with Crippen LogP contribution in [-0.4, -0.2) is 33.2 Å². The van der Waals surface area contributed by atoms with E-state index in [2.05, 4.69) is 27.4 Å². The molecule has 0 unspecified atom stereocenters. The van der Waals surface area contributed by atoms with E-state index >= 15 is 0 Å². The standard InChI is InChI=1S/C20H17Cl2N5O2/c21-12-3-1-2-11(7-12)18-26-16-15(13(22)8-24-19(16)27-18)25-14-9-4-5-10(6-9)17(14)29-20(23)28/h1-5,7-10,14,17H,6H2,(H2,23,28)(H2,24,25,26,27)/t9-,10+,14+,17-/m0/s1. The summed E-state index contributed by atoms with van der Waals surface area (Å²) in [6.45, 7) is 0. The third kappa shape index (κ3) is 3.20. The second-order valence-corrected chi connectivity index (χ2v) is 8.14. The van der Waals surface area contributed by atoms with E-state index in [-0.39, 0.29) is 24.0 Å². The number of halogens is 2. The van der Waals surface area contributed by atoms with E-state index in [9.17, 15) is 4.79 Å². The second kappa shape index (κ2) is 6.93. The summed E-state index contributed by atoms with van der Waals surface area (Å²) < 4.78 is 5.39. The number of amides is 1. The van der Waals surface area contributed by atoms with E-state index in [1.165, 1.54) is 0 Å². The molecule has 0 radical (unpaired) electrons. The zero-order chi connectivity index (χ0) is 20.1. The van der Waals surface area contributed by atoms with Crippen molar-refractivity contribution in [1.29, 1.82) is 0 Å². The van der Waals surface area contributed by atoms with Crippen LogP contribution in [-0.2, 0) is 4.74 Å². The summed E-state index contributed by atoms with van der Waals surface area (Å²) in [7, 11) is 0. The second-order valence-electron chi connectivity index (χ2n) is 7.29. The molecule has 1 aromatic carbocycles. The predicted molar refractivity (Wildman–Crippen MR) is 112 cm³/mol. The van der Waals surface area contributed by atoms with Crippen LogP contribution in [0.1, 0.15) is 6.42 Å². The number of hydrogen-bond acceptors (Lipinski definition) is 5. The van der Waals surface area contributed by atoms with Gasteiger partial charge in [-0.05, 0) is 18.6 Å². The van der Waals surface area contributed by atoms with Crippen LogP contribution in [0, 0.1) is 11.8 Å². The molecule has 2 heterocycles. The van der Waals surface area contributed by atoms with Gasteiger partial charge in [-0.3, -0.25) is 0 Å². The van der Waals surface area contributed by atoms with Crippen LogP contribution in [0.3, 0.4) is 0 Å². The Bertz CT molecular complexity index is 1150. The summed E-state index contributed by atoms with van der Waals surface area (Å²) in [5.41, 5.74) is 7.97. The number of nitrogens with one attached hydrogen (secondary N) is 2. The van der Waals surface area contributed by atoms with Crippen LogP contribution in [0.4, 0.5) is 10.5 Å². The molecule has 2 aromatic heterocycles. The number of aromatic nitrogens is 3. The monoisotopic (exact) mass is 429 g/mol. The number of anilines is 1. The van der Waals surface area contributed by atoms with Gasteiger partial charge in [-0.2, -0.15) is 0 Å². The molecule has 29 heavy (non-hydrogen) atoms. The maximum Gasteiger partial charge on any atom is 0.404 e. The van der Waals surface area contributed by atoms with Crippen molar-refractivity contribution in [3.63, 3.8) is 0 Å². The number of aromatic amines is 1. The molecule has 9 heteroatoms. The number of pyridine rings is 1. The van der Waals surface area contributed by atoms with Crippen molar-refractivity contribution < 1.29 is 9.53 Å². The van der Waals surface area contributed by atoms with E-state index < -0.39 is 6.09 Å². The van der Waals surface area contributed by atoms with Gasteiger partial charge >= 0.3 is 6.09 Å². The maximum absolute atomic E-state index is 11.4. The Morgan fingerprint density at radius 1 is 1.28 bits per heavy atom. The Morgan fingerprint density at radius 2 is 2.10 bits per heavy atom. The zero-order valence-electron chi connectivity index (χ0n) is 15.1. The average Bonchev–Trinajstić information content (AvgIpc) is 3.39. The van der Waals surface area contributed by atoms with E-state index in [0.29, 0.717) is 32.7 Å². The number of rotatable bonds is 4. The minimum atomic E-state index is -0.781. The van der Waals surface area contributed by atoms with Crippen LogP contribution < -0.4 is 11.1 Å². The molecular weight excluding hydrogens is 413 g/mol. The number of benzene rings is 1. The van der Waals surface area contributed by atoms with Crippen molar-refractivity contribution in [2.24, 2.45) is 17.6 Å². The largest absolute Gasteiger partial charge is 0.444 e. The summed E-state index contributed by atoms with van der Waals surface area (Å²) in [6, 6.07) is 7.25. The number of carbonyl (C=O) groups is 1. The molecule has 7 nitrogen and oxygen atoms in total. The van der Waals surface area contributed by atoms with Gasteiger partial charge in [-0.25, -0.2) is 14.8 Å². The summed E-state index contributed by atoms with van der Waals surface area (Å²) in [5.74, 6) is 0.996. The highest BCUT2D eigenvalue weighted by molar-refractivity contribution is 6.34. The number of hydrogen-bond donors (Lipinski definition) is 3. The van der Waals surface area contributed by atoms with E-state index in [1.54, 1.807) is 12.3 Å². The lowest BCUT2D eigenvalue weighted by Crippen LogP contribution is -2.41. The van der Waals surface area contributed by atoms with Gasteiger partial charge in [0, 0.05) is 22.4 Å². The Hall–Kier alpha value is -2.77. The molecule has 0 saturated heterocycles. The number of H-pyrrole nitrogens is 1. The number of carbonyl (C=O) groups excluding carboxylic acids is 1. The molecule has 2 bridgehead atoms. The molecule has 1 saturated carbocycles. The highest BCUT2D eigenvalue weighted by Gasteiger charge is 2.47. The Morgan fingerprint density at radius 3 is 2.90 bits per heavy atom. The minimum Gasteiger partial charge on any atom is -0.444 e. The van der Waals surface area contributed by atoms with Gasteiger partial charge in [0.05, 0.1) is 22.9 Å². The van der Waals surface area contributed by atoms with Crippen LogP contribution >= 0.6 is 23.2 Å². The molecule has 148 valence electrons. The lowest BCUT2D eigenvalue weighted by Gasteiger charge is -2.29. The predicted octanol–water partition coefficient (Wildman–Crippen LogP) is 4.38. The van der Waals surface area contributed by atoms with Crippen molar-refractivity contribution in [3.8, 4) is 11.4 Å². The van der Waals surface area contributed by atoms with Gasteiger partial charge in [-0.15, -0.1) is 0 Å². The van der Waals surface area contributed by atoms with Gasteiger partial charge in [0.25, 0.3) is 0 Å². The quantitative estimate of drug-likeness (QED) is 0.533. The van der Waals surface area contributed by atoms with Crippen molar-refractivity contribution >= 4 is 46.1 Å². The number of ether oxygens (including phenoxy) is 1. The lowest BCUT2D eigenvalue weighted by atomic mass is 9.98. The maximum atomic E-state index is 11.4. The summed E-state index contributed by atoms with van der Waals surface area (Å²) >= 11 is 12.6. The van der Waals surface area contributed by atoms with Gasteiger partial charge in [-0.1, -0.05) is 47.5 Å². The van der Waals surface area contributed by atoms with E-state index in [0.717, 1.165) is 12.0 Å². The van der Waals surface area contributed by atoms with Gasteiger partial charge in [0.1, 0.15) is 17.4 Å². The minimum absolute atomic E-state index is 0.141. The molecule has 0 aliphatic heterocycles. The molecule has 1 fully saturated rings. The number of primary amides is 1. The van der Waals surface area contributed by atoms with Gasteiger partial charge < -0.3 is 20.8 Å². The Labute approximate surface area is 176 Å². The fourth-order valence-corrected chi connectivity index (χ4v) is 4.65. The molecule has 0 spiro atoms.